The van der Waals surface area contributed by atoms with Crippen LogP contribution < -0.4 is 0 Å². The van der Waals surface area contributed by atoms with E-state index in [0.717, 1.165) is 17.5 Å². The Kier molecular flexibility index (Phi) is 6.76. The van der Waals surface area contributed by atoms with E-state index in [2.05, 4.69) is 55.5 Å². The molecule has 4 rings (SSSR count). The maximum Gasteiger partial charge on any atom is 0.159 e. The van der Waals surface area contributed by atoms with Crippen molar-refractivity contribution in [1.29, 1.82) is 0 Å². The van der Waals surface area contributed by atoms with E-state index < -0.39 is 11.6 Å². The standard InChI is InChI=1S/C29H28F2/c1-2-3-4-5-6-7-21-8-10-22(11-9-21)23-12-14-24(15-13-23)25-16-17-26-19-28(30)29(31)20-27(26)18-25/h8-20H,2-7H2,1H3. The fourth-order valence-corrected chi connectivity index (χ4v) is 4.07. The molecule has 0 aromatic heterocycles. The molecule has 158 valence electrons. The first-order valence-electron chi connectivity index (χ1n) is 11.2. The Morgan fingerprint density at radius 1 is 0.516 bits per heavy atom. The van der Waals surface area contributed by atoms with E-state index in [9.17, 15) is 8.78 Å². The second kappa shape index (κ2) is 9.87. The van der Waals surface area contributed by atoms with Crippen LogP contribution in [0.2, 0.25) is 0 Å². The summed E-state index contributed by atoms with van der Waals surface area (Å²) in [5.74, 6) is -1.63. The summed E-state index contributed by atoms with van der Waals surface area (Å²) < 4.78 is 27.0. The van der Waals surface area contributed by atoms with Gasteiger partial charge in [-0.2, -0.15) is 0 Å². The first kappa shape index (κ1) is 21.2. The van der Waals surface area contributed by atoms with Crippen LogP contribution in [0, 0.1) is 11.6 Å². The van der Waals surface area contributed by atoms with E-state index in [1.54, 1.807) is 0 Å². The number of rotatable bonds is 8. The molecule has 4 aromatic carbocycles. The number of hydrogen-bond donors (Lipinski definition) is 0. The Balaban J connectivity index is 1.45. The van der Waals surface area contributed by atoms with Crippen LogP contribution in [0.3, 0.4) is 0 Å². The van der Waals surface area contributed by atoms with E-state index in [0.29, 0.717) is 10.8 Å². The Bertz CT molecular complexity index is 1140. The Morgan fingerprint density at radius 2 is 1.03 bits per heavy atom. The molecule has 0 aliphatic heterocycles. The van der Waals surface area contributed by atoms with Gasteiger partial charge in [0, 0.05) is 0 Å². The van der Waals surface area contributed by atoms with Crippen molar-refractivity contribution in [3.05, 3.63) is 96.1 Å². The van der Waals surface area contributed by atoms with E-state index in [4.69, 9.17) is 0 Å². The molecule has 0 nitrogen and oxygen atoms in total. The summed E-state index contributed by atoms with van der Waals surface area (Å²) in [6.45, 7) is 2.25. The van der Waals surface area contributed by atoms with Crippen molar-refractivity contribution < 1.29 is 8.78 Å². The molecular formula is C29H28F2. The molecular weight excluding hydrogens is 386 g/mol. The number of halogens is 2. The molecule has 0 radical (unpaired) electrons. The van der Waals surface area contributed by atoms with Gasteiger partial charge in [-0.15, -0.1) is 0 Å². The largest absolute Gasteiger partial charge is 0.204 e. The Hall–Kier alpha value is -3.00. The normalized spacial score (nSPS) is 11.2. The number of unbranched alkanes of at least 4 members (excludes halogenated alkanes) is 4. The molecule has 0 N–H and O–H groups in total. The zero-order chi connectivity index (χ0) is 21.6. The third kappa shape index (κ3) is 5.19. The molecule has 0 saturated heterocycles. The quantitative estimate of drug-likeness (QED) is 0.252. The summed E-state index contributed by atoms with van der Waals surface area (Å²) >= 11 is 0. The summed E-state index contributed by atoms with van der Waals surface area (Å²) in [5, 5.41) is 1.40. The fourth-order valence-electron chi connectivity index (χ4n) is 4.07. The highest BCUT2D eigenvalue weighted by Crippen LogP contribution is 2.28. The van der Waals surface area contributed by atoms with Crippen molar-refractivity contribution in [2.24, 2.45) is 0 Å². The first-order chi connectivity index (χ1) is 15.1. The van der Waals surface area contributed by atoms with Gasteiger partial charge >= 0.3 is 0 Å². The van der Waals surface area contributed by atoms with Crippen molar-refractivity contribution >= 4 is 10.8 Å². The van der Waals surface area contributed by atoms with Crippen LogP contribution in [-0.4, -0.2) is 0 Å². The SMILES string of the molecule is CCCCCCCc1ccc(-c2ccc(-c3ccc4cc(F)c(F)cc4c3)cc2)cc1. The van der Waals surface area contributed by atoms with Gasteiger partial charge < -0.3 is 0 Å². The maximum atomic E-state index is 13.6. The van der Waals surface area contributed by atoms with Crippen molar-refractivity contribution in [2.45, 2.75) is 45.4 Å². The zero-order valence-corrected chi connectivity index (χ0v) is 18.0. The van der Waals surface area contributed by atoms with Gasteiger partial charge in [0.05, 0.1) is 0 Å². The predicted molar refractivity (Wildman–Crippen MR) is 127 cm³/mol. The Labute approximate surface area is 183 Å². The lowest BCUT2D eigenvalue weighted by Gasteiger charge is -2.08. The van der Waals surface area contributed by atoms with Crippen LogP contribution in [0.15, 0.2) is 78.9 Å². The maximum absolute atomic E-state index is 13.6. The molecule has 0 aliphatic rings. The smallest absolute Gasteiger partial charge is 0.159 e. The fraction of sp³-hybridized carbons (Fsp3) is 0.241. The summed E-state index contributed by atoms with van der Waals surface area (Å²) in [4.78, 5) is 0. The summed E-state index contributed by atoms with van der Waals surface area (Å²) in [5.41, 5.74) is 5.82. The molecule has 0 fully saturated rings. The van der Waals surface area contributed by atoms with Gasteiger partial charge in [0.25, 0.3) is 0 Å². The number of benzene rings is 4. The zero-order valence-electron chi connectivity index (χ0n) is 18.0. The summed E-state index contributed by atoms with van der Waals surface area (Å²) in [7, 11) is 0. The van der Waals surface area contributed by atoms with Crippen LogP contribution in [0.25, 0.3) is 33.0 Å². The highest BCUT2D eigenvalue weighted by atomic mass is 19.2. The molecule has 0 atom stereocenters. The van der Waals surface area contributed by atoms with E-state index in [-0.39, 0.29) is 0 Å². The van der Waals surface area contributed by atoms with Crippen LogP contribution >= 0.6 is 0 Å². The highest BCUT2D eigenvalue weighted by Gasteiger charge is 2.06. The molecule has 2 heteroatoms. The molecule has 4 aromatic rings. The number of aryl methyl sites for hydroxylation is 1. The van der Waals surface area contributed by atoms with Crippen LogP contribution in [0.4, 0.5) is 8.78 Å². The van der Waals surface area contributed by atoms with Gasteiger partial charge in [-0.25, -0.2) is 8.78 Å². The molecule has 0 aliphatic carbocycles. The third-order valence-electron chi connectivity index (χ3n) is 5.95. The highest BCUT2D eigenvalue weighted by molar-refractivity contribution is 5.87. The minimum Gasteiger partial charge on any atom is -0.204 e. The van der Waals surface area contributed by atoms with Crippen LogP contribution in [0.5, 0.6) is 0 Å². The van der Waals surface area contributed by atoms with Crippen molar-refractivity contribution in [1.82, 2.24) is 0 Å². The summed E-state index contributed by atoms with van der Waals surface area (Å²) in [6.07, 6.45) is 7.68. The molecule has 0 spiro atoms. The van der Waals surface area contributed by atoms with Crippen molar-refractivity contribution in [2.75, 3.05) is 0 Å². The molecule has 31 heavy (non-hydrogen) atoms. The van der Waals surface area contributed by atoms with E-state index >= 15 is 0 Å². The second-order valence-corrected chi connectivity index (χ2v) is 8.27. The second-order valence-electron chi connectivity index (χ2n) is 8.27. The molecule has 0 saturated carbocycles. The number of hydrogen-bond acceptors (Lipinski definition) is 0. The lowest BCUT2D eigenvalue weighted by atomic mass is 9.97. The molecule has 0 heterocycles. The lowest BCUT2D eigenvalue weighted by Crippen LogP contribution is -1.87. The minimum absolute atomic E-state index is 0.699. The average Bonchev–Trinajstić information content (AvgIpc) is 2.80. The predicted octanol–water partition coefficient (Wildman–Crippen LogP) is 8.96. The van der Waals surface area contributed by atoms with E-state index in [1.807, 2.05) is 18.2 Å². The van der Waals surface area contributed by atoms with Crippen LogP contribution in [-0.2, 0) is 6.42 Å². The Morgan fingerprint density at radius 3 is 1.68 bits per heavy atom. The third-order valence-corrected chi connectivity index (χ3v) is 5.95. The number of fused-ring (bicyclic) bond motifs is 1. The van der Waals surface area contributed by atoms with Gasteiger partial charge in [-0.05, 0) is 69.6 Å². The molecule has 0 bridgehead atoms. The van der Waals surface area contributed by atoms with Gasteiger partial charge in [0.2, 0.25) is 0 Å². The van der Waals surface area contributed by atoms with E-state index in [1.165, 1.54) is 60.9 Å². The lowest BCUT2D eigenvalue weighted by molar-refractivity contribution is 0.511. The van der Waals surface area contributed by atoms with Gasteiger partial charge in [0.15, 0.2) is 11.6 Å². The summed E-state index contributed by atoms with van der Waals surface area (Å²) in [6, 6.07) is 25.5. The van der Waals surface area contributed by atoms with Crippen molar-refractivity contribution in [3.8, 4) is 22.3 Å². The van der Waals surface area contributed by atoms with Gasteiger partial charge in [-0.3, -0.25) is 0 Å². The van der Waals surface area contributed by atoms with Gasteiger partial charge in [-0.1, -0.05) is 93.3 Å². The van der Waals surface area contributed by atoms with Crippen LogP contribution in [0.1, 0.15) is 44.6 Å². The van der Waals surface area contributed by atoms with Crippen molar-refractivity contribution in [3.63, 3.8) is 0 Å². The van der Waals surface area contributed by atoms with Gasteiger partial charge in [0.1, 0.15) is 0 Å². The average molecular weight is 415 g/mol. The molecule has 0 amide bonds. The topological polar surface area (TPSA) is 0 Å². The molecule has 0 unspecified atom stereocenters. The first-order valence-corrected chi connectivity index (χ1v) is 11.2. The minimum atomic E-state index is -0.815. The monoisotopic (exact) mass is 414 g/mol.